The zero-order valence-corrected chi connectivity index (χ0v) is 13.3. The molecule has 1 aromatic carbocycles. The molecule has 0 unspecified atom stereocenters. The lowest BCUT2D eigenvalue weighted by molar-refractivity contribution is -0.154. The van der Waals surface area contributed by atoms with Crippen LogP contribution in [0.15, 0.2) is 24.3 Å². The molecule has 2 N–H and O–H groups in total. The molecule has 0 aliphatic carbocycles. The number of halogens is 1. The van der Waals surface area contributed by atoms with Gasteiger partial charge in [-0.15, -0.1) is 0 Å². The summed E-state index contributed by atoms with van der Waals surface area (Å²) in [4.78, 5) is 34.7. The predicted molar refractivity (Wildman–Crippen MR) is 82.6 cm³/mol. The number of amides is 2. The van der Waals surface area contributed by atoms with E-state index in [4.69, 9.17) is 16.3 Å². The van der Waals surface area contributed by atoms with Crippen LogP contribution in [0.5, 0.6) is 0 Å². The van der Waals surface area contributed by atoms with E-state index in [0.717, 1.165) is 0 Å². The summed E-state index contributed by atoms with van der Waals surface area (Å²) in [6.07, 6.45) is -0.859. The molecule has 0 aliphatic heterocycles. The topological polar surface area (TPSA) is 84.5 Å². The highest BCUT2D eigenvalue weighted by Gasteiger charge is 2.16. The molecule has 6 nitrogen and oxygen atoms in total. The van der Waals surface area contributed by atoms with E-state index in [9.17, 15) is 14.4 Å². The lowest BCUT2D eigenvalue weighted by Crippen LogP contribution is -2.36. The molecule has 0 spiro atoms. The third kappa shape index (κ3) is 6.13. The van der Waals surface area contributed by atoms with Crippen LogP contribution in [0.4, 0.5) is 0 Å². The van der Waals surface area contributed by atoms with Crippen LogP contribution in [-0.4, -0.2) is 37.0 Å². The van der Waals surface area contributed by atoms with Gasteiger partial charge in [0.25, 0.3) is 11.8 Å². The van der Waals surface area contributed by atoms with Crippen LogP contribution < -0.4 is 10.6 Å². The second-order valence-corrected chi connectivity index (χ2v) is 4.98. The third-order valence-electron chi connectivity index (χ3n) is 2.75. The maximum Gasteiger partial charge on any atom is 0.308 e. The molecule has 0 aromatic heterocycles. The highest BCUT2D eigenvalue weighted by molar-refractivity contribution is 6.30. The molecule has 0 radical (unpaired) electrons. The van der Waals surface area contributed by atoms with Crippen LogP contribution in [0.1, 0.15) is 30.6 Å². The molecule has 1 rings (SSSR count). The summed E-state index contributed by atoms with van der Waals surface area (Å²) in [7, 11) is 0. The first kappa shape index (κ1) is 18.0. The minimum absolute atomic E-state index is 0.0108. The van der Waals surface area contributed by atoms with Crippen molar-refractivity contribution in [1.29, 1.82) is 0 Å². The van der Waals surface area contributed by atoms with Gasteiger partial charge in [-0.2, -0.15) is 0 Å². The van der Waals surface area contributed by atoms with E-state index < -0.39 is 12.1 Å². The van der Waals surface area contributed by atoms with Gasteiger partial charge in [0.1, 0.15) is 0 Å². The normalized spacial score (nSPS) is 11.4. The van der Waals surface area contributed by atoms with Gasteiger partial charge in [-0.3, -0.25) is 14.4 Å². The summed E-state index contributed by atoms with van der Waals surface area (Å²) in [5.74, 6) is -1.20. The van der Waals surface area contributed by atoms with Gasteiger partial charge >= 0.3 is 5.97 Å². The SMILES string of the molecule is CCNC(=O)[C@@H](C)OC(=O)CCNC(=O)c1ccc(Cl)cc1. The number of benzene rings is 1. The molecule has 0 aliphatic rings. The van der Waals surface area contributed by atoms with Crippen LogP contribution in [0, 0.1) is 0 Å². The second-order valence-electron chi connectivity index (χ2n) is 4.54. The van der Waals surface area contributed by atoms with Gasteiger partial charge in [0.15, 0.2) is 6.10 Å². The Morgan fingerprint density at radius 1 is 1.18 bits per heavy atom. The Bertz CT molecular complexity index is 531. The standard InChI is InChI=1S/C15H19ClN2O4/c1-3-17-14(20)10(2)22-13(19)8-9-18-15(21)11-4-6-12(16)7-5-11/h4-7,10H,3,8-9H2,1-2H3,(H,17,20)(H,18,21)/t10-/m1/s1. The number of esters is 1. The highest BCUT2D eigenvalue weighted by atomic mass is 35.5. The first-order valence-electron chi connectivity index (χ1n) is 6.95. The van der Waals surface area contributed by atoms with Crippen LogP contribution >= 0.6 is 11.6 Å². The number of ether oxygens (including phenoxy) is 1. The van der Waals surface area contributed by atoms with Crippen molar-refractivity contribution in [3.63, 3.8) is 0 Å². The van der Waals surface area contributed by atoms with Crippen LogP contribution in [0.25, 0.3) is 0 Å². The van der Waals surface area contributed by atoms with E-state index in [1.165, 1.54) is 6.92 Å². The van der Waals surface area contributed by atoms with Crippen molar-refractivity contribution < 1.29 is 19.1 Å². The molecule has 0 saturated heterocycles. The van der Waals surface area contributed by atoms with Gasteiger partial charge < -0.3 is 15.4 Å². The Morgan fingerprint density at radius 2 is 1.82 bits per heavy atom. The molecule has 2 amide bonds. The number of likely N-dealkylation sites (N-methyl/N-ethyl adjacent to an activating group) is 1. The van der Waals surface area contributed by atoms with E-state index in [1.807, 2.05) is 0 Å². The smallest absolute Gasteiger partial charge is 0.308 e. The summed E-state index contributed by atoms with van der Waals surface area (Å²) in [6.45, 7) is 3.87. The predicted octanol–water partition coefficient (Wildman–Crippen LogP) is 1.53. The monoisotopic (exact) mass is 326 g/mol. The number of hydrogen-bond acceptors (Lipinski definition) is 4. The van der Waals surface area contributed by atoms with E-state index in [0.29, 0.717) is 17.1 Å². The fourth-order valence-electron chi connectivity index (χ4n) is 1.61. The minimum atomic E-state index is -0.848. The summed E-state index contributed by atoms with van der Waals surface area (Å²) in [6, 6.07) is 6.40. The molecular formula is C15H19ClN2O4. The molecule has 22 heavy (non-hydrogen) atoms. The summed E-state index contributed by atoms with van der Waals surface area (Å²) in [5.41, 5.74) is 0.452. The number of carbonyl (C=O) groups excluding carboxylic acids is 3. The van der Waals surface area contributed by atoms with Crippen molar-refractivity contribution in [3.8, 4) is 0 Å². The second kappa shape index (κ2) is 9.04. The molecule has 1 atom stereocenters. The zero-order valence-electron chi connectivity index (χ0n) is 12.5. The largest absolute Gasteiger partial charge is 0.452 e. The van der Waals surface area contributed by atoms with Crippen molar-refractivity contribution >= 4 is 29.4 Å². The van der Waals surface area contributed by atoms with E-state index >= 15 is 0 Å². The lowest BCUT2D eigenvalue weighted by Gasteiger charge is -2.12. The molecule has 0 heterocycles. The Balaban J connectivity index is 2.31. The van der Waals surface area contributed by atoms with Gasteiger partial charge in [-0.05, 0) is 38.1 Å². The zero-order chi connectivity index (χ0) is 16.5. The average Bonchev–Trinajstić information content (AvgIpc) is 2.47. The fourth-order valence-corrected chi connectivity index (χ4v) is 1.73. The Morgan fingerprint density at radius 3 is 2.41 bits per heavy atom. The molecule has 1 aromatic rings. The summed E-state index contributed by atoms with van der Waals surface area (Å²) < 4.78 is 4.95. The quantitative estimate of drug-likeness (QED) is 0.744. The average molecular weight is 327 g/mol. The van der Waals surface area contributed by atoms with Crippen molar-refractivity contribution in [2.75, 3.05) is 13.1 Å². The first-order chi connectivity index (χ1) is 10.4. The molecule has 0 fully saturated rings. The molecular weight excluding hydrogens is 308 g/mol. The van der Waals surface area contributed by atoms with Gasteiger partial charge in [0.2, 0.25) is 0 Å². The van der Waals surface area contributed by atoms with Gasteiger partial charge in [0.05, 0.1) is 6.42 Å². The molecule has 0 saturated carbocycles. The van der Waals surface area contributed by atoms with Crippen LogP contribution in [0.3, 0.4) is 0 Å². The van der Waals surface area contributed by atoms with Crippen molar-refractivity contribution in [1.82, 2.24) is 10.6 Å². The van der Waals surface area contributed by atoms with E-state index in [-0.39, 0.29) is 24.8 Å². The molecule has 120 valence electrons. The van der Waals surface area contributed by atoms with Gasteiger partial charge in [-0.25, -0.2) is 0 Å². The van der Waals surface area contributed by atoms with Gasteiger partial charge in [0, 0.05) is 23.7 Å². The number of rotatable bonds is 7. The Labute approximate surface area is 134 Å². The van der Waals surface area contributed by atoms with Crippen molar-refractivity contribution in [2.45, 2.75) is 26.4 Å². The van der Waals surface area contributed by atoms with Crippen molar-refractivity contribution in [3.05, 3.63) is 34.9 Å². The van der Waals surface area contributed by atoms with E-state index in [1.54, 1.807) is 31.2 Å². The van der Waals surface area contributed by atoms with Crippen molar-refractivity contribution in [2.24, 2.45) is 0 Å². The fraction of sp³-hybridized carbons (Fsp3) is 0.400. The highest BCUT2D eigenvalue weighted by Crippen LogP contribution is 2.09. The van der Waals surface area contributed by atoms with E-state index in [2.05, 4.69) is 10.6 Å². The minimum Gasteiger partial charge on any atom is -0.452 e. The summed E-state index contributed by atoms with van der Waals surface area (Å²) >= 11 is 5.73. The molecule has 0 bridgehead atoms. The maximum absolute atomic E-state index is 11.8. The Kier molecular flexibility index (Phi) is 7.39. The summed E-state index contributed by atoms with van der Waals surface area (Å²) in [5, 5.41) is 5.69. The lowest BCUT2D eigenvalue weighted by atomic mass is 10.2. The van der Waals surface area contributed by atoms with Crippen LogP contribution in [0.2, 0.25) is 5.02 Å². The Hall–Kier alpha value is -2.08. The van der Waals surface area contributed by atoms with Crippen LogP contribution in [-0.2, 0) is 14.3 Å². The van der Waals surface area contributed by atoms with Gasteiger partial charge in [-0.1, -0.05) is 11.6 Å². The number of nitrogens with one attached hydrogen (secondary N) is 2. The number of hydrogen-bond donors (Lipinski definition) is 2. The third-order valence-corrected chi connectivity index (χ3v) is 3.00. The number of carbonyl (C=O) groups is 3. The maximum atomic E-state index is 11.8. The first-order valence-corrected chi connectivity index (χ1v) is 7.32. The molecule has 7 heteroatoms.